The van der Waals surface area contributed by atoms with E-state index in [0.717, 1.165) is 28.5 Å². The third kappa shape index (κ3) is 4.93. The number of rotatable bonds is 9. The van der Waals surface area contributed by atoms with E-state index in [1.165, 1.54) is 0 Å². The quantitative estimate of drug-likeness (QED) is 0.565. The topological polar surface area (TPSA) is 39.7 Å². The van der Waals surface area contributed by atoms with Gasteiger partial charge in [-0.2, -0.15) is 0 Å². The molecule has 3 aromatic carbocycles. The molecule has 0 aliphatic heterocycles. The highest BCUT2D eigenvalue weighted by molar-refractivity contribution is 5.56. The minimum Gasteiger partial charge on any atom is -0.495 e. The standard InChI is InChI=1S/C22H23NO3/c1-24-22-14-8-6-12-20(22)23-17-18-9-5-7-13-21(18)26-16-15-25-19-10-3-2-4-11-19/h2-14,23H,15-17H2,1H3. The summed E-state index contributed by atoms with van der Waals surface area (Å²) in [7, 11) is 1.67. The molecule has 0 amide bonds. The molecule has 0 aromatic heterocycles. The monoisotopic (exact) mass is 349 g/mol. The summed E-state index contributed by atoms with van der Waals surface area (Å²) in [6.45, 7) is 1.63. The second-order valence-electron chi connectivity index (χ2n) is 5.67. The Morgan fingerprint density at radius 2 is 1.35 bits per heavy atom. The van der Waals surface area contributed by atoms with Crippen molar-refractivity contribution < 1.29 is 14.2 Å². The first-order valence-corrected chi connectivity index (χ1v) is 8.62. The molecular formula is C22H23NO3. The fourth-order valence-electron chi connectivity index (χ4n) is 2.60. The molecule has 0 spiro atoms. The van der Waals surface area contributed by atoms with Crippen LogP contribution in [0.3, 0.4) is 0 Å². The van der Waals surface area contributed by atoms with Crippen molar-refractivity contribution in [3.8, 4) is 17.2 Å². The van der Waals surface area contributed by atoms with Crippen LogP contribution in [-0.4, -0.2) is 20.3 Å². The number of ether oxygens (including phenoxy) is 3. The van der Waals surface area contributed by atoms with Gasteiger partial charge in [0, 0.05) is 12.1 Å². The molecule has 134 valence electrons. The van der Waals surface area contributed by atoms with E-state index in [-0.39, 0.29) is 0 Å². The predicted molar refractivity (Wildman–Crippen MR) is 104 cm³/mol. The van der Waals surface area contributed by atoms with Gasteiger partial charge >= 0.3 is 0 Å². The van der Waals surface area contributed by atoms with Gasteiger partial charge < -0.3 is 19.5 Å². The van der Waals surface area contributed by atoms with Crippen LogP contribution in [0.5, 0.6) is 17.2 Å². The first-order chi connectivity index (χ1) is 12.9. The van der Waals surface area contributed by atoms with Crippen molar-refractivity contribution in [1.29, 1.82) is 0 Å². The van der Waals surface area contributed by atoms with Gasteiger partial charge in [0.15, 0.2) is 0 Å². The lowest BCUT2D eigenvalue weighted by Gasteiger charge is -2.14. The van der Waals surface area contributed by atoms with E-state index in [9.17, 15) is 0 Å². The van der Waals surface area contributed by atoms with Gasteiger partial charge in [-0.15, -0.1) is 0 Å². The van der Waals surface area contributed by atoms with Gasteiger partial charge in [-0.1, -0.05) is 48.5 Å². The van der Waals surface area contributed by atoms with Gasteiger partial charge in [0.05, 0.1) is 12.8 Å². The molecule has 0 bridgehead atoms. The molecule has 3 rings (SSSR count). The highest BCUT2D eigenvalue weighted by Crippen LogP contribution is 2.25. The summed E-state index contributed by atoms with van der Waals surface area (Å²) in [5.74, 6) is 2.52. The Bertz CT molecular complexity index is 805. The number of methoxy groups -OCH3 is 1. The molecule has 0 saturated carbocycles. The van der Waals surface area contributed by atoms with Crippen molar-refractivity contribution in [2.45, 2.75) is 6.54 Å². The Kier molecular flexibility index (Phi) is 6.37. The molecule has 0 saturated heterocycles. The van der Waals surface area contributed by atoms with Crippen molar-refractivity contribution in [2.75, 3.05) is 25.6 Å². The van der Waals surface area contributed by atoms with Gasteiger partial charge in [0.1, 0.15) is 30.5 Å². The Labute approximate surface area is 154 Å². The van der Waals surface area contributed by atoms with Crippen LogP contribution < -0.4 is 19.5 Å². The second-order valence-corrected chi connectivity index (χ2v) is 5.67. The zero-order chi connectivity index (χ0) is 18.0. The molecule has 4 heteroatoms. The first-order valence-electron chi connectivity index (χ1n) is 8.62. The van der Waals surface area contributed by atoms with Crippen LogP contribution in [0.1, 0.15) is 5.56 Å². The first kappa shape index (κ1) is 17.7. The van der Waals surface area contributed by atoms with Gasteiger partial charge in [0.25, 0.3) is 0 Å². The summed E-state index contributed by atoms with van der Waals surface area (Å²) >= 11 is 0. The number of hydrogen-bond acceptors (Lipinski definition) is 4. The number of para-hydroxylation sites is 4. The van der Waals surface area contributed by atoms with Crippen LogP contribution >= 0.6 is 0 Å². The fourth-order valence-corrected chi connectivity index (χ4v) is 2.60. The van der Waals surface area contributed by atoms with Crippen LogP contribution in [0, 0.1) is 0 Å². The average molecular weight is 349 g/mol. The van der Waals surface area contributed by atoms with Crippen LogP contribution in [0.25, 0.3) is 0 Å². The summed E-state index contributed by atoms with van der Waals surface area (Å²) in [5.41, 5.74) is 2.04. The van der Waals surface area contributed by atoms with E-state index in [1.54, 1.807) is 7.11 Å². The minimum absolute atomic E-state index is 0.487. The molecule has 0 heterocycles. The zero-order valence-corrected chi connectivity index (χ0v) is 14.9. The number of anilines is 1. The predicted octanol–water partition coefficient (Wildman–Crippen LogP) is 4.77. The minimum atomic E-state index is 0.487. The van der Waals surface area contributed by atoms with Crippen LogP contribution in [0.4, 0.5) is 5.69 Å². The molecule has 0 fully saturated rings. The van der Waals surface area contributed by atoms with Crippen LogP contribution in [-0.2, 0) is 6.54 Å². The molecule has 0 atom stereocenters. The molecule has 3 aromatic rings. The smallest absolute Gasteiger partial charge is 0.141 e. The Morgan fingerprint density at radius 3 is 2.15 bits per heavy atom. The lowest BCUT2D eigenvalue weighted by atomic mass is 10.2. The molecule has 0 unspecified atom stereocenters. The highest BCUT2D eigenvalue weighted by Gasteiger charge is 2.05. The van der Waals surface area contributed by atoms with Crippen molar-refractivity contribution in [2.24, 2.45) is 0 Å². The molecule has 0 aliphatic carbocycles. The van der Waals surface area contributed by atoms with E-state index in [0.29, 0.717) is 19.8 Å². The summed E-state index contributed by atoms with van der Waals surface area (Å²) in [4.78, 5) is 0. The highest BCUT2D eigenvalue weighted by atomic mass is 16.5. The molecule has 0 aliphatic rings. The third-order valence-electron chi connectivity index (χ3n) is 3.90. The SMILES string of the molecule is COc1ccccc1NCc1ccccc1OCCOc1ccccc1. The second kappa shape index (κ2) is 9.37. The van der Waals surface area contributed by atoms with Gasteiger partial charge in [-0.05, 0) is 30.3 Å². The van der Waals surface area contributed by atoms with Crippen molar-refractivity contribution in [1.82, 2.24) is 0 Å². The fraction of sp³-hybridized carbons (Fsp3) is 0.182. The maximum atomic E-state index is 5.91. The third-order valence-corrected chi connectivity index (χ3v) is 3.90. The van der Waals surface area contributed by atoms with Crippen LogP contribution in [0.15, 0.2) is 78.9 Å². The summed E-state index contributed by atoms with van der Waals surface area (Å²) in [6, 6.07) is 25.6. The summed E-state index contributed by atoms with van der Waals surface area (Å²) in [5, 5.41) is 3.40. The van der Waals surface area contributed by atoms with E-state index >= 15 is 0 Å². The molecule has 4 nitrogen and oxygen atoms in total. The Balaban J connectivity index is 1.54. The average Bonchev–Trinajstić information content (AvgIpc) is 2.71. The van der Waals surface area contributed by atoms with E-state index < -0.39 is 0 Å². The zero-order valence-electron chi connectivity index (χ0n) is 14.9. The summed E-state index contributed by atoms with van der Waals surface area (Å²) in [6.07, 6.45) is 0. The van der Waals surface area contributed by atoms with E-state index in [1.807, 2.05) is 72.8 Å². The molecule has 0 radical (unpaired) electrons. The van der Waals surface area contributed by atoms with Crippen molar-refractivity contribution in [3.63, 3.8) is 0 Å². The maximum absolute atomic E-state index is 5.91. The van der Waals surface area contributed by atoms with Crippen molar-refractivity contribution >= 4 is 5.69 Å². The largest absolute Gasteiger partial charge is 0.495 e. The number of nitrogens with one attached hydrogen (secondary N) is 1. The van der Waals surface area contributed by atoms with Gasteiger partial charge in [-0.25, -0.2) is 0 Å². The van der Waals surface area contributed by atoms with Gasteiger partial charge in [0.2, 0.25) is 0 Å². The maximum Gasteiger partial charge on any atom is 0.141 e. The molecular weight excluding hydrogens is 326 g/mol. The lowest BCUT2D eigenvalue weighted by molar-refractivity contribution is 0.216. The van der Waals surface area contributed by atoms with E-state index in [2.05, 4.69) is 11.4 Å². The summed E-state index contributed by atoms with van der Waals surface area (Å²) < 4.78 is 17.0. The number of benzene rings is 3. The number of hydrogen-bond donors (Lipinski definition) is 1. The lowest BCUT2D eigenvalue weighted by Crippen LogP contribution is -2.11. The molecule has 26 heavy (non-hydrogen) atoms. The Morgan fingerprint density at radius 1 is 0.692 bits per heavy atom. The van der Waals surface area contributed by atoms with Crippen molar-refractivity contribution in [3.05, 3.63) is 84.4 Å². The Hall–Kier alpha value is -3.14. The van der Waals surface area contributed by atoms with Gasteiger partial charge in [-0.3, -0.25) is 0 Å². The normalized spacial score (nSPS) is 10.2. The van der Waals surface area contributed by atoms with Crippen LogP contribution in [0.2, 0.25) is 0 Å². The molecule has 1 N–H and O–H groups in total. The van der Waals surface area contributed by atoms with E-state index in [4.69, 9.17) is 14.2 Å².